The van der Waals surface area contributed by atoms with Gasteiger partial charge in [-0.05, 0) is 0 Å². The number of carbonyl (C=O) groups is 3. The fourth-order valence-corrected chi connectivity index (χ4v) is 0. The molecule has 0 rings (SSSR count). The molecule has 0 fully saturated rings. The van der Waals surface area contributed by atoms with Crippen LogP contribution in [0.15, 0.2) is 0 Å². The molecule has 0 atom stereocenters. The first-order chi connectivity index (χ1) is 4.37. The van der Waals surface area contributed by atoms with Crippen LogP contribution in [0.4, 0.5) is 0 Å². The summed E-state index contributed by atoms with van der Waals surface area (Å²) in [6.45, 7) is 2.53. The average Bonchev–Trinajstić information content (AvgIpc) is 1.63. The quantitative estimate of drug-likeness (QED) is 0.444. The van der Waals surface area contributed by atoms with E-state index in [1.165, 1.54) is 27.4 Å². The number of hydrogen-bond acceptors (Lipinski definition) is 3. The maximum absolute atomic E-state index is 9.54. The van der Waals surface area contributed by atoms with Gasteiger partial charge in [0.2, 0.25) is 5.78 Å². The molecule has 0 heterocycles. The summed E-state index contributed by atoms with van der Waals surface area (Å²) in [6, 6.07) is 0. The molecule has 5 heteroatoms. The molecule has 0 aromatic rings. The van der Waals surface area contributed by atoms with Crippen LogP contribution in [0.1, 0.15) is 13.8 Å². The molecule has 0 aliphatic carbocycles. The second kappa shape index (κ2) is 6.64. The molecule has 10 heavy (non-hydrogen) atoms. The van der Waals surface area contributed by atoms with Gasteiger partial charge in [0.15, 0.2) is 0 Å². The zero-order valence-corrected chi connectivity index (χ0v) is 7.23. The molecule has 0 bridgehead atoms. The number of Topliss-reactive ketones (excluding diaryl/α,β-unsaturated/α-hetero) is 1. The monoisotopic (exact) mass is 179 g/mol. The maximum atomic E-state index is 9.54. The second-order valence-corrected chi connectivity index (χ2v) is 2.52. The van der Waals surface area contributed by atoms with Crippen LogP contribution in [0.5, 0.6) is 0 Å². The molecule has 55 valence electrons. The molecule has 1 N–H and O–H groups in total. The zero-order valence-electron chi connectivity index (χ0n) is 5.67. The van der Waals surface area contributed by atoms with Gasteiger partial charge in [-0.3, -0.25) is 4.79 Å². The van der Waals surface area contributed by atoms with Crippen molar-refractivity contribution in [2.24, 2.45) is 0 Å². The summed E-state index contributed by atoms with van der Waals surface area (Å²) < 4.78 is 0.167. The predicted molar refractivity (Wildman–Crippen MR) is 29.0 cm³/mol. The Balaban J connectivity index is 0. The minimum absolute atomic E-state index is 0.167. The van der Waals surface area contributed by atoms with Gasteiger partial charge in [0.25, 0.3) is 0 Å². The van der Waals surface area contributed by atoms with Crippen molar-refractivity contribution in [3.05, 3.63) is 0 Å². The first kappa shape index (κ1) is 12.2. The minimum atomic E-state index is -1.38. The van der Waals surface area contributed by atoms with Crippen molar-refractivity contribution in [2.45, 2.75) is 13.8 Å². The van der Waals surface area contributed by atoms with E-state index in [0.29, 0.717) is 0 Å². The number of carbonyl (C=O) groups excluding carboxylic acids is 2. The number of ketones is 1. The average molecular weight is 179 g/mol. The summed E-state index contributed by atoms with van der Waals surface area (Å²) in [5.41, 5.74) is 0. The van der Waals surface area contributed by atoms with Crippen LogP contribution in [0.25, 0.3) is 0 Å². The third-order valence-corrected chi connectivity index (χ3v) is 0.301. The van der Waals surface area contributed by atoms with E-state index >= 15 is 0 Å². The molecule has 0 spiro atoms. The molecular weight excluding hydrogens is 172 g/mol. The molecule has 4 nitrogen and oxygen atoms in total. The Morgan fingerprint density at radius 1 is 1.20 bits per heavy atom. The van der Waals surface area contributed by atoms with Crippen molar-refractivity contribution >= 4 is 15.8 Å². The van der Waals surface area contributed by atoms with Gasteiger partial charge in [-0.25, -0.2) is 4.79 Å². The van der Waals surface area contributed by atoms with E-state index in [2.05, 4.69) is 0 Å². The van der Waals surface area contributed by atoms with Gasteiger partial charge in [-0.15, -0.1) is 0 Å². The van der Waals surface area contributed by atoms with Crippen molar-refractivity contribution in [3.8, 4) is 0 Å². The third-order valence-electron chi connectivity index (χ3n) is 0.301. The van der Waals surface area contributed by atoms with Crippen LogP contribution < -0.4 is 0 Å². The molecule has 0 aliphatic heterocycles. The summed E-state index contributed by atoms with van der Waals surface area (Å²) in [4.78, 5) is 28.3. The Morgan fingerprint density at radius 3 is 1.30 bits per heavy atom. The van der Waals surface area contributed by atoms with Gasteiger partial charge < -0.3 is 5.11 Å². The van der Waals surface area contributed by atoms with Gasteiger partial charge in [-0.1, -0.05) is 0 Å². The van der Waals surface area contributed by atoms with E-state index in [0.717, 1.165) is 6.92 Å². The molecule has 0 radical (unpaired) electrons. The zero-order chi connectivity index (χ0) is 8.73. The number of aliphatic carboxylic acids is 1. The predicted octanol–water partition coefficient (Wildman–Crippen LogP) is -0.260. The van der Waals surface area contributed by atoms with Crippen LogP contribution in [0.2, 0.25) is 0 Å². The van der Waals surface area contributed by atoms with Gasteiger partial charge in [0.1, 0.15) is 0 Å². The van der Waals surface area contributed by atoms with Crippen molar-refractivity contribution in [3.63, 3.8) is 0 Å². The standard InChI is InChI=1S/C3H4O3.C2H3O.Ti/c1-2(4)3(5)6;1-2-3;/h1H3,(H,5,6);1H3;. The van der Waals surface area contributed by atoms with Crippen molar-refractivity contribution in [2.75, 3.05) is 0 Å². The molecule has 0 amide bonds. The summed E-state index contributed by atoms with van der Waals surface area (Å²) in [7, 11) is 0. The van der Waals surface area contributed by atoms with Crippen LogP contribution in [-0.4, -0.2) is 20.9 Å². The van der Waals surface area contributed by atoms with E-state index in [-0.39, 0.29) is 4.09 Å². The fourth-order valence-electron chi connectivity index (χ4n) is 0. The van der Waals surface area contributed by atoms with E-state index in [9.17, 15) is 14.4 Å². The van der Waals surface area contributed by atoms with Gasteiger partial charge in [0.05, 0.1) is 0 Å². The first-order valence-electron chi connectivity index (χ1n) is 2.34. The summed E-state index contributed by atoms with van der Waals surface area (Å²) in [5, 5.41) is 7.64. The third kappa shape index (κ3) is 25.8. The van der Waals surface area contributed by atoms with Crippen LogP contribution in [0, 0.1) is 0 Å². The van der Waals surface area contributed by atoms with E-state index < -0.39 is 11.8 Å². The Kier molecular flexibility index (Phi) is 8.12. The second-order valence-electron chi connectivity index (χ2n) is 1.42. The topological polar surface area (TPSA) is 71.4 Å². The van der Waals surface area contributed by atoms with Gasteiger partial charge >= 0.3 is 42.2 Å². The Morgan fingerprint density at radius 2 is 1.30 bits per heavy atom. The van der Waals surface area contributed by atoms with Gasteiger partial charge in [-0.2, -0.15) is 0 Å². The Hall–Kier alpha value is -0.476. The SMILES string of the molecule is CC(=O)C(=O)O.C[C](=O)[Ti]. The van der Waals surface area contributed by atoms with E-state index in [4.69, 9.17) is 5.11 Å². The number of carboxylic acids is 1. The molecule has 0 aromatic carbocycles. The first-order valence-corrected chi connectivity index (χ1v) is 3.12. The molecular formula is C5H7O4Ti. The number of rotatable bonds is 1. The van der Waals surface area contributed by atoms with Gasteiger partial charge in [0, 0.05) is 6.92 Å². The molecule has 0 saturated heterocycles. The fraction of sp³-hybridized carbons (Fsp3) is 0.400. The molecule has 0 aliphatic rings. The van der Waals surface area contributed by atoms with Crippen LogP contribution in [0.3, 0.4) is 0 Å². The number of hydrogen-bond donors (Lipinski definition) is 1. The molecule has 0 saturated carbocycles. The van der Waals surface area contributed by atoms with Crippen molar-refractivity contribution < 1.29 is 39.9 Å². The molecule has 0 aromatic heterocycles. The van der Waals surface area contributed by atoms with Crippen molar-refractivity contribution in [1.29, 1.82) is 0 Å². The Bertz CT molecular complexity index is 136. The summed E-state index contributed by atoms with van der Waals surface area (Å²) >= 11 is 1.53. The normalized spacial score (nSPS) is 6.90. The summed E-state index contributed by atoms with van der Waals surface area (Å²) in [6.07, 6.45) is 0. The van der Waals surface area contributed by atoms with Crippen molar-refractivity contribution in [1.82, 2.24) is 0 Å². The van der Waals surface area contributed by atoms with Crippen LogP contribution >= 0.6 is 0 Å². The molecule has 0 unspecified atom stereocenters. The Labute approximate surface area is 70.0 Å². The summed E-state index contributed by atoms with van der Waals surface area (Å²) in [5.74, 6) is -2.20. The van der Waals surface area contributed by atoms with E-state index in [1.54, 1.807) is 0 Å². The van der Waals surface area contributed by atoms with E-state index in [1.807, 2.05) is 0 Å². The van der Waals surface area contributed by atoms with Crippen LogP contribution in [-0.2, 0) is 34.8 Å². The number of carboxylic acid groups (broad SMARTS) is 1.